The normalized spacial score (nSPS) is 25.4. The van der Waals surface area contributed by atoms with Gasteiger partial charge in [-0.3, -0.25) is 0 Å². The zero-order valence-electron chi connectivity index (χ0n) is 6.32. The van der Waals surface area contributed by atoms with Gasteiger partial charge in [0, 0.05) is 0 Å². The Morgan fingerprint density at radius 2 is 1.78 bits per heavy atom. The fourth-order valence-electron chi connectivity index (χ4n) is 1.56. The van der Waals surface area contributed by atoms with Crippen molar-refractivity contribution in [3.63, 3.8) is 0 Å². The van der Waals surface area contributed by atoms with Gasteiger partial charge in [0.05, 0.1) is 8.07 Å². The van der Waals surface area contributed by atoms with Crippen molar-refractivity contribution in [3.8, 4) is 0 Å². The second-order valence-electron chi connectivity index (χ2n) is 3.42. The van der Waals surface area contributed by atoms with E-state index < -0.39 is 8.07 Å². The minimum Gasteiger partial charge on any atom is -0.107 e. The molecule has 0 saturated carbocycles. The molecule has 1 heterocycles. The highest BCUT2D eigenvalue weighted by Gasteiger charge is 2.24. The summed E-state index contributed by atoms with van der Waals surface area (Å²) in [5.41, 5.74) is 2.27. The summed E-state index contributed by atoms with van der Waals surface area (Å²) in [6, 6.07) is 2.99. The Morgan fingerprint density at radius 1 is 1.22 bits per heavy atom. The molecule has 1 aliphatic rings. The lowest BCUT2D eigenvalue weighted by Crippen LogP contribution is -2.29. The molecule has 0 atom stereocenters. The van der Waals surface area contributed by atoms with Gasteiger partial charge >= 0.3 is 0 Å². The lowest BCUT2D eigenvalue weighted by molar-refractivity contribution is 0.716. The van der Waals surface area contributed by atoms with Crippen LogP contribution in [0.15, 0.2) is 12.3 Å². The lowest BCUT2D eigenvalue weighted by Gasteiger charge is -2.27. The van der Waals surface area contributed by atoms with E-state index in [4.69, 9.17) is 0 Å². The molecule has 0 nitrogen and oxygen atoms in total. The van der Waals surface area contributed by atoms with Crippen molar-refractivity contribution in [1.29, 1.82) is 0 Å². The van der Waals surface area contributed by atoms with E-state index in [0.717, 1.165) is 0 Å². The zero-order valence-corrected chi connectivity index (χ0v) is 7.32. The van der Waals surface area contributed by atoms with E-state index in [-0.39, 0.29) is 0 Å². The number of hydrogen-bond acceptors (Lipinski definition) is 0. The van der Waals surface area contributed by atoms with E-state index in [2.05, 4.69) is 18.8 Å². The standard InChI is InChI=1S/C8H16Si/c1-3-9(2)7-5-4-6-8-9/h3H,1,4-8H2,2H3. The molecule has 0 bridgehead atoms. The molecule has 0 aromatic heterocycles. The molecule has 1 heteroatoms. The van der Waals surface area contributed by atoms with E-state index in [1.807, 2.05) is 0 Å². The van der Waals surface area contributed by atoms with Crippen LogP contribution in [0, 0.1) is 0 Å². The predicted molar refractivity (Wildman–Crippen MR) is 45.3 cm³/mol. The summed E-state index contributed by atoms with van der Waals surface area (Å²) < 4.78 is 0. The summed E-state index contributed by atoms with van der Waals surface area (Å²) in [5, 5.41) is 0. The summed E-state index contributed by atoms with van der Waals surface area (Å²) in [4.78, 5) is 0. The SMILES string of the molecule is C=C[Si]1(C)CCCCC1. The van der Waals surface area contributed by atoms with Crippen molar-refractivity contribution in [2.24, 2.45) is 0 Å². The van der Waals surface area contributed by atoms with Crippen molar-refractivity contribution < 1.29 is 0 Å². The van der Waals surface area contributed by atoms with E-state index in [9.17, 15) is 0 Å². The molecule has 0 amide bonds. The quantitative estimate of drug-likeness (QED) is 0.491. The van der Waals surface area contributed by atoms with Crippen LogP contribution in [0.3, 0.4) is 0 Å². The average Bonchev–Trinajstić information content (AvgIpc) is 1.90. The van der Waals surface area contributed by atoms with Crippen molar-refractivity contribution in [3.05, 3.63) is 12.3 Å². The van der Waals surface area contributed by atoms with Crippen LogP contribution >= 0.6 is 0 Å². The summed E-state index contributed by atoms with van der Waals surface area (Å²) >= 11 is 0. The average molecular weight is 140 g/mol. The molecule has 1 saturated heterocycles. The second kappa shape index (κ2) is 2.69. The first kappa shape index (κ1) is 7.07. The van der Waals surface area contributed by atoms with E-state index >= 15 is 0 Å². The van der Waals surface area contributed by atoms with Gasteiger partial charge in [-0.05, 0) is 0 Å². The smallest absolute Gasteiger partial charge is 0.0740 e. The molecule has 52 valence electrons. The highest BCUT2D eigenvalue weighted by atomic mass is 28.3. The topological polar surface area (TPSA) is 0 Å². The van der Waals surface area contributed by atoms with Crippen LogP contribution in [-0.2, 0) is 0 Å². The first-order chi connectivity index (χ1) is 4.27. The maximum absolute atomic E-state index is 3.92. The summed E-state index contributed by atoms with van der Waals surface area (Å²) in [7, 11) is -0.847. The molecule has 0 spiro atoms. The Labute approximate surface area is 59.0 Å². The van der Waals surface area contributed by atoms with Crippen LogP contribution in [0.2, 0.25) is 18.6 Å². The zero-order chi connectivity index (χ0) is 6.74. The molecule has 0 unspecified atom stereocenters. The summed E-state index contributed by atoms with van der Waals surface area (Å²) in [6.45, 7) is 6.38. The molecule has 0 aromatic carbocycles. The van der Waals surface area contributed by atoms with Crippen molar-refractivity contribution >= 4 is 8.07 Å². The van der Waals surface area contributed by atoms with Gasteiger partial charge in [-0.1, -0.05) is 37.9 Å². The Bertz CT molecular complexity index is 101. The van der Waals surface area contributed by atoms with E-state index in [0.29, 0.717) is 0 Å². The number of rotatable bonds is 1. The van der Waals surface area contributed by atoms with Gasteiger partial charge < -0.3 is 0 Å². The fraction of sp³-hybridized carbons (Fsp3) is 0.750. The fourth-order valence-corrected chi connectivity index (χ4v) is 4.34. The third kappa shape index (κ3) is 1.68. The first-order valence-electron chi connectivity index (χ1n) is 3.90. The molecule has 1 aliphatic heterocycles. The van der Waals surface area contributed by atoms with Gasteiger partial charge in [0.1, 0.15) is 0 Å². The highest BCUT2D eigenvalue weighted by molar-refractivity contribution is 6.83. The molecule has 1 fully saturated rings. The Balaban J connectivity index is 2.46. The number of hydrogen-bond donors (Lipinski definition) is 0. The lowest BCUT2D eigenvalue weighted by atomic mass is 10.3. The van der Waals surface area contributed by atoms with Crippen LogP contribution in [-0.4, -0.2) is 8.07 Å². The van der Waals surface area contributed by atoms with Crippen LogP contribution < -0.4 is 0 Å². The van der Waals surface area contributed by atoms with E-state index in [1.54, 1.807) is 0 Å². The van der Waals surface area contributed by atoms with Gasteiger partial charge in [-0.2, -0.15) is 0 Å². The Hall–Kier alpha value is -0.0431. The van der Waals surface area contributed by atoms with E-state index in [1.165, 1.54) is 31.4 Å². The van der Waals surface area contributed by atoms with Crippen molar-refractivity contribution in [2.45, 2.75) is 37.9 Å². The van der Waals surface area contributed by atoms with Crippen LogP contribution in [0.4, 0.5) is 0 Å². The summed E-state index contributed by atoms with van der Waals surface area (Å²) in [6.07, 6.45) is 4.40. The first-order valence-corrected chi connectivity index (χ1v) is 6.90. The molecule has 0 radical (unpaired) electrons. The minimum absolute atomic E-state index is 0.847. The third-order valence-electron chi connectivity index (χ3n) is 2.49. The molecule has 0 N–H and O–H groups in total. The summed E-state index contributed by atoms with van der Waals surface area (Å²) in [5.74, 6) is 0. The predicted octanol–water partition coefficient (Wildman–Crippen LogP) is 2.97. The monoisotopic (exact) mass is 140 g/mol. The second-order valence-corrected chi connectivity index (χ2v) is 8.14. The Morgan fingerprint density at radius 3 is 2.11 bits per heavy atom. The van der Waals surface area contributed by atoms with Crippen LogP contribution in [0.1, 0.15) is 19.3 Å². The van der Waals surface area contributed by atoms with Crippen molar-refractivity contribution in [1.82, 2.24) is 0 Å². The van der Waals surface area contributed by atoms with Crippen LogP contribution in [0.25, 0.3) is 0 Å². The van der Waals surface area contributed by atoms with Gasteiger partial charge in [-0.15, -0.1) is 12.3 Å². The minimum atomic E-state index is -0.847. The van der Waals surface area contributed by atoms with Gasteiger partial charge in [-0.25, -0.2) is 0 Å². The van der Waals surface area contributed by atoms with Crippen LogP contribution in [0.5, 0.6) is 0 Å². The van der Waals surface area contributed by atoms with Gasteiger partial charge in [0.25, 0.3) is 0 Å². The van der Waals surface area contributed by atoms with Gasteiger partial charge in [0.15, 0.2) is 0 Å². The maximum Gasteiger partial charge on any atom is 0.0740 e. The Kier molecular flexibility index (Phi) is 2.12. The maximum atomic E-state index is 3.92. The molecular weight excluding hydrogens is 124 g/mol. The molecule has 0 aliphatic carbocycles. The third-order valence-corrected chi connectivity index (χ3v) is 6.47. The van der Waals surface area contributed by atoms with Crippen molar-refractivity contribution in [2.75, 3.05) is 0 Å². The largest absolute Gasteiger partial charge is 0.107 e. The molecule has 1 rings (SSSR count). The van der Waals surface area contributed by atoms with Gasteiger partial charge in [0.2, 0.25) is 0 Å². The molecule has 0 aromatic rings. The highest BCUT2D eigenvalue weighted by Crippen LogP contribution is 2.28. The molecule has 9 heavy (non-hydrogen) atoms. The molecular formula is C8H16Si.